The van der Waals surface area contributed by atoms with Crippen LogP contribution in [0.25, 0.3) is 0 Å². The van der Waals surface area contributed by atoms with Gasteiger partial charge in [-0.25, -0.2) is 4.98 Å². The van der Waals surface area contributed by atoms with E-state index in [1.807, 2.05) is 27.8 Å². The second kappa shape index (κ2) is 5.13. The van der Waals surface area contributed by atoms with Crippen LogP contribution in [0, 0.1) is 5.41 Å². The van der Waals surface area contributed by atoms with Gasteiger partial charge in [0.15, 0.2) is 0 Å². The van der Waals surface area contributed by atoms with Crippen molar-refractivity contribution in [2.45, 2.75) is 38.9 Å². The van der Waals surface area contributed by atoms with Crippen LogP contribution in [0.2, 0.25) is 0 Å². The maximum Gasteiger partial charge on any atom is 0.137 e. The number of aromatic nitrogens is 5. The van der Waals surface area contributed by atoms with E-state index < -0.39 is 0 Å². The molecule has 0 aliphatic heterocycles. The van der Waals surface area contributed by atoms with Crippen molar-refractivity contribution >= 4 is 0 Å². The van der Waals surface area contributed by atoms with E-state index in [9.17, 15) is 0 Å². The first kappa shape index (κ1) is 12.3. The van der Waals surface area contributed by atoms with Crippen molar-refractivity contribution in [1.29, 1.82) is 0 Å². The fraction of sp³-hybridized carbons (Fsp3) is 0.615. The van der Waals surface area contributed by atoms with Gasteiger partial charge in [-0.3, -0.25) is 9.36 Å². The first-order valence-corrected chi connectivity index (χ1v) is 6.79. The van der Waals surface area contributed by atoms with Crippen molar-refractivity contribution in [1.82, 2.24) is 29.9 Å². The van der Waals surface area contributed by atoms with Gasteiger partial charge in [-0.1, -0.05) is 0 Å². The van der Waals surface area contributed by atoms with E-state index in [-0.39, 0.29) is 0 Å². The number of hydrogen-bond acceptors (Lipinski definition) is 4. The Morgan fingerprint density at radius 3 is 2.84 bits per heavy atom. The minimum atomic E-state index is 0.400. The third-order valence-electron chi connectivity index (χ3n) is 3.77. The summed E-state index contributed by atoms with van der Waals surface area (Å²) in [5, 5.41) is 12.0. The molecule has 1 aliphatic carbocycles. The third-order valence-corrected chi connectivity index (χ3v) is 3.77. The molecule has 1 fully saturated rings. The number of hydrogen-bond donors (Lipinski definition) is 1. The Morgan fingerprint density at radius 1 is 1.32 bits per heavy atom. The lowest BCUT2D eigenvalue weighted by Crippen LogP contribution is -2.36. The molecular weight excluding hydrogens is 240 g/mol. The maximum atomic E-state index is 4.30. The van der Waals surface area contributed by atoms with Gasteiger partial charge in [0, 0.05) is 36.9 Å². The standard InChI is InChI=1S/C13H20N6/c1-12(7-19-11-14-10-17-19)15-8-13(3-4-13)9-18-6-2-5-16-18/h2,5-6,10-12,15H,3-4,7-9H2,1H3. The molecular formula is C13H20N6. The molecule has 1 aliphatic rings. The first-order valence-electron chi connectivity index (χ1n) is 6.79. The average molecular weight is 260 g/mol. The maximum absolute atomic E-state index is 4.30. The first-order chi connectivity index (χ1) is 9.26. The summed E-state index contributed by atoms with van der Waals surface area (Å²) in [6.07, 6.45) is 9.79. The fourth-order valence-corrected chi connectivity index (χ4v) is 2.37. The second-order valence-corrected chi connectivity index (χ2v) is 5.60. The summed E-state index contributed by atoms with van der Waals surface area (Å²) in [5.41, 5.74) is 0.405. The molecule has 1 atom stereocenters. The highest BCUT2D eigenvalue weighted by Crippen LogP contribution is 2.46. The molecule has 0 bridgehead atoms. The largest absolute Gasteiger partial charge is 0.312 e. The molecule has 0 radical (unpaired) electrons. The van der Waals surface area contributed by atoms with E-state index in [2.05, 4.69) is 27.4 Å². The van der Waals surface area contributed by atoms with E-state index >= 15 is 0 Å². The van der Waals surface area contributed by atoms with E-state index in [1.165, 1.54) is 12.8 Å². The highest BCUT2D eigenvalue weighted by atomic mass is 15.3. The Labute approximate surface area is 112 Å². The topological polar surface area (TPSA) is 60.6 Å². The lowest BCUT2D eigenvalue weighted by atomic mass is 10.1. The van der Waals surface area contributed by atoms with Gasteiger partial charge in [0.25, 0.3) is 0 Å². The molecule has 102 valence electrons. The summed E-state index contributed by atoms with van der Waals surface area (Å²) in [7, 11) is 0. The van der Waals surface area contributed by atoms with Crippen LogP contribution < -0.4 is 5.32 Å². The zero-order valence-electron chi connectivity index (χ0n) is 11.2. The summed E-state index contributed by atoms with van der Waals surface area (Å²) >= 11 is 0. The number of nitrogens with one attached hydrogen (secondary N) is 1. The van der Waals surface area contributed by atoms with Crippen LogP contribution in [-0.4, -0.2) is 37.1 Å². The molecule has 6 heteroatoms. The van der Waals surface area contributed by atoms with E-state index in [1.54, 1.807) is 12.7 Å². The normalized spacial score (nSPS) is 18.4. The van der Waals surface area contributed by atoms with Gasteiger partial charge in [-0.05, 0) is 25.8 Å². The lowest BCUT2D eigenvalue weighted by molar-refractivity contribution is 0.340. The SMILES string of the molecule is CC(Cn1cncn1)NCC1(Cn2cccn2)CC1. The van der Waals surface area contributed by atoms with Crippen molar-refractivity contribution in [2.75, 3.05) is 6.54 Å². The van der Waals surface area contributed by atoms with E-state index in [0.717, 1.165) is 19.6 Å². The number of rotatable bonds is 7. The summed E-state index contributed by atoms with van der Waals surface area (Å²) in [4.78, 5) is 3.96. The minimum Gasteiger partial charge on any atom is -0.312 e. The average Bonchev–Trinajstić information content (AvgIpc) is 2.84. The van der Waals surface area contributed by atoms with Crippen molar-refractivity contribution < 1.29 is 0 Å². The summed E-state index contributed by atoms with van der Waals surface area (Å²) in [6.45, 7) is 5.11. The summed E-state index contributed by atoms with van der Waals surface area (Å²) < 4.78 is 3.90. The highest BCUT2D eigenvalue weighted by molar-refractivity contribution is 4.96. The van der Waals surface area contributed by atoms with Crippen LogP contribution in [0.5, 0.6) is 0 Å². The Kier molecular flexibility index (Phi) is 3.33. The Morgan fingerprint density at radius 2 is 2.21 bits per heavy atom. The summed E-state index contributed by atoms with van der Waals surface area (Å²) in [5.74, 6) is 0. The molecule has 0 aromatic carbocycles. The predicted molar refractivity (Wildman–Crippen MR) is 71.4 cm³/mol. The minimum absolute atomic E-state index is 0.400. The molecule has 3 rings (SSSR count). The van der Waals surface area contributed by atoms with Gasteiger partial charge in [0.1, 0.15) is 12.7 Å². The highest BCUT2D eigenvalue weighted by Gasteiger charge is 2.42. The molecule has 19 heavy (non-hydrogen) atoms. The van der Waals surface area contributed by atoms with Crippen LogP contribution >= 0.6 is 0 Å². The molecule has 2 heterocycles. The molecule has 1 unspecified atom stereocenters. The Bertz CT molecular complexity index is 485. The van der Waals surface area contributed by atoms with E-state index in [4.69, 9.17) is 0 Å². The molecule has 0 saturated heterocycles. The monoisotopic (exact) mass is 260 g/mol. The van der Waals surface area contributed by atoms with Gasteiger partial charge in [0.2, 0.25) is 0 Å². The van der Waals surface area contributed by atoms with Crippen molar-refractivity contribution in [2.24, 2.45) is 5.41 Å². The van der Waals surface area contributed by atoms with Gasteiger partial charge in [0.05, 0.1) is 6.54 Å². The van der Waals surface area contributed by atoms with Crippen LogP contribution in [0.1, 0.15) is 19.8 Å². The van der Waals surface area contributed by atoms with Crippen LogP contribution in [-0.2, 0) is 13.1 Å². The van der Waals surface area contributed by atoms with E-state index in [0.29, 0.717) is 11.5 Å². The van der Waals surface area contributed by atoms with Crippen molar-refractivity contribution in [3.8, 4) is 0 Å². The molecule has 0 spiro atoms. The predicted octanol–water partition coefficient (Wildman–Crippen LogP) is 0.933. The quantitative estimate of drug-likeness (QED) is 0.804. The third kappa shape index (κ3) is 3.20. The Hall–Kier alpha value is -1.69. The van der Waals surface area contributed by atoms with Gasteiger partial charge >= 0.3 is 0 Å². The molecule has 1 N–H and O–H groups in total. The second-order valence-electron chi connectivity index (χ2n) is 5.60. The Balaban J connectivity index is 1.46. The zero-order chi connectivity index (χ0) is 13.1. The smallest absolute Gasteiger partial charge is 0.137 e. The van der Waals surface area contributed by atoms with Crippen molar-refractivity contribution in [3.05, 3.63) is 31.1 Å². The lowest BCUT2D eigenvalue weighted by Gasteiger charge is -2.20. The van der Waals surface area contributed by atoms with Crippen molar-refractivity contribution in [3.63, 3.8) is 0 Å². The fourth-order valence-electron chi connectivity index (χ4n) is 2.37. The molecule has 0 amide bonds. The summed E-state index contributed by atoms with van der Waals surface area (Å²) in [6, 6.07) is 2.38. The molecule has 2 aromatic heterocycles. The molecule has 1 saturated carbocycles. The molecule has 2 aromatic rings. The molecule has 6 nitrogen and oxygen atoms in total. The van der Waals surface area contributed by atoms with Crippen LogP contribution in [0.4, 0.5) is 0 Å². The van der Waals surface area contributed by atoms with Crippen LogP contribution in [0.15, 0.2) is 31.1 Å². The van der Waals surface area contributed by atoms with Gasteiger partial charge in [-0.2, -0.15) is 10.2 Å². The van der Waals surface area contributed by atoms with Crippen LogP contribution in [0.3, 0.4) is 0 Å². The number of nitrogens with zero attached hydrogens (tertiary/aromatic N) is 5. The van der Waals surface area contributed by atoms with Gasteiger partial charge < -0.3 is 5.32 Å². The van der Waals surface area contributed by atoms with Gasteiger partial charge in [-0.15, -0.1) is 0 Å². The zero-order valence-corrected chi connectivity index (χ0v) is 11.2.